The smallest absolute Gasteiger partial charge is 0.0364 e. The van der Waals surface area contributed by atoms with Gasteiger partial charge in [-0.2, -0.15) is 0 Å². The van der Waals surface area contributed by atoms with Gasteiger partial charge < -0.3 is 10.3 Å². The van der Waals surface area contributed by atoms with Gasteiger partial charge in [0.05, 0.1) is 0 Å². The zero-order valence-electron chi connectivity index (χ0n) is 8.96. The molecular weight excluding hydrogens is 172 g/mol. The highest BCUT2D eigenvalue weighted by Crippen LogP contribution is 2.13. The van der Waals surface area contributed by atoms with E-state index in [0.717, 1.165) is 12.1 Å². The highest BCUT2D eigenvalue weighted by molar-refractivity contribution is 5.77. The van der Waals surface area contributed by atoms with Gasteiger partial charge in [0.15, 0.2) is 0 Å². The Bertz CT molecular complexity index is 277. The summed E-state index contributed by atoms with van der Waals surface area (Å²) in [6.07, 6.45) is 3.82. The molecular formula is C12H18N2. The van der Waals surface area contributed by atoms with E-state index in [1.54, 1.807) is 0 Å². The van der Waals surface area contributed by atoms with Gasteiger partial charge in [0, 0.05) is 25.5 Å². The van der Waals surface area contributed by atoms with Gasteiger partial charge in [0.2, 0.25) is 0 Å². The quantitative estimate of drug-likeness (QED) is 0.710. The molecule has 0 unspecified atom stereocenters. The van der Waals surface area contributed by atoms with Crippen molar-refractivity contribution in [1.29, 1.82) is 5.41 Å². The normalized spacial score (nSPS) is 9.86. The molecule has 1 aromatic rings. The summed E-state index contributed by atoms with van der Waals surface area (Å²) in [6, 6.07) is 8.08. The first-order valence-corrected chi connectivity index (χ1v) is 5.09. The van der Waals surface area contributed by atoms with Gasteiger partial charge in [-0.15, -0.1) is 0 Å². The Labute approximate surface area is 86.1 Å². The number of nitrogens with zero attached hydrogens (tertiary/aromatic N) is 1. The van der Waals surface area contributed by atoms with Gasteiger partial charge in [0.1, 0.15) is 0 Å². The molecule has 0 aromatic heterocycles. The molecule has 0 fully saturated rings. The van der Waals surface area contributed by atoms with Gasteiger partial charge in [-0.05, 0) is 24.1 Å². The molecule has 14 heavy (non-hydrogen) atoms. The molecule has 0 saturated carbocycles. The van der Waals surface area contributed by atoms with E-state index in [2.05, 4.69) is 31.0 Å². The number of nitrogens with one attached hydrogen (secondary N) is 1. The van der Waals surface area contributed by atoms with Crippen LogP contribution in [0.5, 0.6) is 0 Å². The second-order valence-corrected chi connectivity index (χ2v) is 3.51. The fraction of sp³-hybridized carbons (Fsp3) is 0.417. The average Bonchev–Trinajstić information content (AvgIpc) is 2.26. The van der Waals surface area contributed by atoms with Crippen molar-refractivity contribution in [3.63, 3.8) is 0 Å². The lowest BCUT2D eigenvalue weighted by atomic mass is 10.2. The van der Waals surface area contributed by atoms with Crippen molar-refractivity contribution in [1.82, 2.24) is 0 Å². The van der Waals surface area contributed by atoms with Crippen molar-refractivity contribution < 1.29 is 0 Å². The maximum atomic E-state index is 7.09. The first-order valence-electron chi connectivity index (χ1n) is 5.09. The van der Waals surface area contributed by atoms with E-state index in [1.807, 2.05) is 12.1 Å². The lowest BCUT2D eigenvalue weighted by Crippen LogP contribution is -2.17. The Kier molecular flexibility index (Phi) is 4.17. The lowest BCUT2D eigenvalue weighted by Gasteiger charge is -2.18. The van der Waals surface area contributed by atoms with Crippen LogP contribution in [0.2, 0.25) is 0 Å². The number of unbranched alkanes of at least 4 members (excludes halogenated alkanes) is 1. The average molecular weight is 190 g/mol. The third-order valence-electron chi connectivity index (χ3n) is 2.35. The van der Waals surface area contributed by atoms with E-state index in [1.165, 1.54) is 24.7 Å². The fourth-order valence-corrected chi connectivity index (χ4v) is 1.35. The molecule has 0 aliphatic rings. The van der Waals surface area contributed by atoms with Crippen LogP contribution in [0.3, 0.4) is 0 Å². The zero-order valence-corrected chi connectivity index (χ0v) is 8.96. The monoisotopic (exact) mass is 190 g/mol. The van der Waals surface area contributed by atoms with Crippen LogP contribution in [0.15, 0.2) is 24.3 Å². The van der Waals surface area contributed by atoms with Crippen molar-refractivity contribution in [2.45, 2.75) is 19.8 Å². The second-order valence-electron chi connectivity index (χ2n) is 3.51. The van der Waals surface area contributed by atoms with Gasteiger partial charge in [-0.25, -0.2) is 0 Å². The van der Waals surface area contributed by atoms with E-state index in [0.29, 0.717) is 0 Å². The maximum absolute atomic E-state index is 7.09. The zero-order chi connectivity index (χ0) is 10.4. The Morgan fingerprint density at radius 2 is 1.93 bits per heavy atom. The molecule has 1 N–H and O–H groups in total. The Morgan fingerprint density at radius 1 is 1.29 bits per heavy atom. The Balaban J connectivity index is 2.61. The minimum absolute atomic E-state index is 0.956. The molecule has 76 valence electrons. The summed E-state index contributed by atoms with van der Waals surface area (Å²) >= 11 is 0. The lowest BCUT2D eigenvalue weighted by molar-refractivity contribution is 0.767. The molecule has 0 bridgehead atoms. The third-order valence-corrected chi connectivity index (χ3v) is 2.35. The number of rotatable bonds is 5. The van der Waals surface area contributed by atoms with Crippen LogP contribution in [0.4, 0.5) is 5.69 Å². The molecule has 0 aliphatic carbocycles. The second kappa shape index (κ2) is 5.43. The van der Waals surface area contributed by atoms with Crippen molar-refractivity contribution in [3.8, 4) is 0 Å². The molecule has 0 heterocycles. The molecule has 0 spiro atoms. The van der Waals surface area contributed by atoms with Crippen LogP contribution in [0, 0.1) is 5.41 Å². The summed E-state index contributed by atoms with van der Waals surface area (Å²) in [6.45, 7) is 3.30. The van der Waals surface area contributed by atoms with E-state index >= 15 is 0 Å². The predicted molar refractivity (Wildman–Crippen MR) is 62.5 cm³/mol. The minimum atomic E-state index is 0.956. The van der Waals surface area contributed by atoms with Crippen molar-refractivity contribution in [2.24, 2.45) is 0 Å². The maximum Gasteiger partial charge on any atom is 0.0364 e. The first kappa shape index (κ1) is 10.8. The first-order chi connectivity index (χ1) is 6.77. The molecule has 0 atom stereocenters. The number of benzene rings is 1. The molecule has 2 nitrogen and oxygen atoms in total. The molecule has 0 amide bonds. The molecule has 1 aromatic carbocycles. The van der Waals surface area contributed by atoms with Crippen LogP contribution < -0.4 is 4.90 Å². The molecule has 1 rings (SSSR count). The van der Waals surface area contributed by atoms with Crippen molar-refractivity contribution in [3.05, 3.63) is 29.8 Å². The summed E-state index contributed by atoms with van der Waals surface area (Å²) < 4.78 is 0. The van der Waals surface area contributed by atoms with E-state index in [4.69, 9.17) is 5.41 Å². The molecule has 0 saturated heterocycles. The standard InChI is InChI=1S/C12H18N2/c1-3-4-9-14(2)12-7-5-11(10-13)6-8-12/h5-8,10,13H,3-4,9H2,1-2H3. The van der Waals surface area contributed by atoms with Gasteiger partial charge in [-0.3, -0.25) is 0 Å². The molecule has 2 heteroatoms. The van der Waals surface area contributed by atoms with Crippen molar-refractivity contribution >= 4 is 11.9 Å². The topological polar surface area (TPSA) is 27.1 Å². The summed E-state index contributed by atoms with van der Waals surface area (Å²) in [5.74, 6) is 0. The summed E-state index contributed by atoms with van der Waals surface area (Å²) in [4.78, 5) is 2.25. The van der Waals surface area contributed by atoms with Gasteiger partial charge >= 0.3 is 0 Å². The number of anilines is 1. The fourth-order valence-electron chi connectivity index (χ4n) is 1.35. The number of hydrogen-bond donors (Lipinski definition) is 1. The van der Waals surface area contributed by atoms with Crippen molar-refractivity contribution in [2.75, 3.05) is 18.5 Å². The third kappa shape index (κ3) is 2.87. The highest BCUT2D eigenvalue weighted by atomic mass is 15.1. The molecule has 0 aliphatic heterocycles. The summed E-state index contributed by atoms with van der Waals surface area (Å²) in [5.41, 5.74) is 2.18. The Hall–Kier alpha value is -1.31. The predicted octanol–water partition coefficient (Wildman–Crippen LogP) is 2.92. The van der Waals surface area contributed by atoms with Gasteiger partial charge in [-0.1, -0.05) is 25.5 Å². The minimum Gasteiger partial charge on any atom is -0.375 e. The van der Waals surface area contributed by atoms with Crippen LogP contribution >= 0.6 is 0 Å². The van der Waals surface area contributed by atoms with Crippen LogP contribution in [0.25, 0.3) is 0 Å². The number of hydrogen-bond acceptors (Lipinski definition) is 2. The molecule has 0 radical (unpaired) electrons. The van der Waals surface area contributed by atoms with E-state index < -0.39 is 0 Å². The summed E-state index contributed by atoms with van der Waals surface area (Å²) in [5, 5.41) is 7.09. The highest BCUT2D eigenvalue weighted by Gasteiger charge is 1.98. The van der Waals surface area contributed by atoms with Crippen LogP contribution in [0.1, 0.15) is 25.3 Å². The largest absolute Gasteiger partial charge is 0.375 e. The van der Waals surface area contributed by atoms with Gasteiger partial charge in [0.25, 0.3) is 0 Å². The van der Waals surface area contributed by atoms with E-state index in [-0.39, 0.29) is 0 Å². The SMILES string of the molecule is CCCCN(C)c1ccc(C=N)cc1. The van der Waals surface area contributed by atoms with Crippen LogP contribution in [-0.4, -0.2) is 19.8 Å². The van der Waals surface area contributed by atoms with E-state index in [9.17, 15) is 0 Å². The summed E-state index contributed by atoms with van der Waals surface area (Å²) in [7, 11) is 2.11. The van der Waals surface area contributed by atoms with Crippen LogP contribution in [-0.2, 0) is 0 Å². The Morgan fingerprint density at radius 3 is 2.43 bits per heavy atom.